The average Bonchev–Trinajstić information content (AvgIpc) is 2.03. The standard InChI is InChI=1S/C7H11F3N2O/c8-7(9,10)5-12-3-1-6(11-13)2-4-12/h13H,1-5H2. The molecule has 1 rings (SSSR count). The third-order valence-corrected chi connectivity index (χ3v) is 1.98. The molecule has 0 aromatic rings. The monoisotopic (exact) mass is 196 g/mol. The van der Waals surface area contributed by atoms with E-state index in [0.717, 1.165) is 0 Å². The Morgan fingerprint density at radius 3 is 2.23 bits per heavy atom. The summed E-state index contributed by atoms with van der Waals surface area (Å²) >= 11 is 0. The van der Waals surface area contributed by atoms with Crippen LogP contribution in [0.4, 0.5) is 13.2 Å². The van der Waals surface area contributed by atoms with Gasteiger partial charge < -0.3 is 5.21 Å². The van der Waals surface area contributed by atoms with E-state index in [0.29, 0.717) is 31.6 Å². The molecule has 1 heterocycles. The van der Waals surface area contributed by atoms with Crippen LogP contribution in [-0.2, 0) is 0 Å². The second kappa shape index (κ2) is 3.95. The molecule has 3 nitrogen and oxygen atoms in total. The van der Waals surface area contributed by atoms with Crippen molar-refractivity contribution in [3.05, 3.63) is 0 Å². The van der Waals surface area contributed by atoms with Crippen molar-refractivity contribution in [2.24, 2.45) is 5.16 Å². The van der Waals surface area contributed by atoms with Crippen molar-refractivity contribution in [3.8, 4) is 0 Å². The van der Waals surface area contributed by atoms with Gasteiger partial charge in [0.2, 0.25) is 0 Å². The maximum absolute atomic E-state index is 11.9. The Morgan fingerprint density at radius 2 is 1.85 bits per heavy atom. The number of nitrogens with zero attached hydrogens (tertiary/aromatic N) is 2. The maximum atomic E-state index is 11.9. The molecule has 1 aliphatic rings. The number of halogens is 3. The van der Waals surface area contributed by atoms with Crippen molar-refractivity contribution in [3.63, 3.8) is 0 Å². The van der Waals surface area contributed by atoms with E-state index in [1.807, 2.05) is 0 Å². The molecule has 0 atom stereocenters. The lowest BCUT2D eigenvalue weighted by Gasteiger charge is -2.27. The molecule has 1 fully saturated rings. The van der Waals surface area contributed by atoms with Crippen molar-refractivity contribution in [2.75, 3.05) is 19.6 Å². The number of hydrogen-bond donors (Lipinski definition) is 1. The third-order valence-electron chi connectivity index (χ3n) is 1.98. The lowest BCUT2D eigenvalue weighted by atomic mass is 10.1. The number of rotatable bonds is 1. The molecule has 0 aromatic carbocycles. The summed E-state index contributed by atoms with van der Waals surface area (Å²) < 4.78 is 35.7. The SMILES string of the molecule is ON=C1CCN(CC(F)(F)F)CC1. The van der Waals surface area contributed by atoms with Crippen LogP contribution in [0.2, 0.25) is 0 Å². The minimum absolute atomic E-state index is 0.318. The van der Waals surface area contributed by atoms with Gasteiger partial charge in [-0.15, -0.1) is 0 Å². The number of piperidine rings is 1. The molecule has 0 amide bonds. The summed E-state index contributed by atoms with van der Waals surface area (Å²) in [5, 5.41) is 11.3. The molecular weight excluding hydrogens is 185 g/mol. The van der Waals surface area contributed by atoms with E-state index >= 15 is 0 Å². The first-order valence-electron chi connectivity index (χ1n) is 4.00. The van der Waals surface area contributed by atoms with Crippen LogP contribution in [0.1, 0.15) is 12.8 Å². The Bertz CT molecular complexity index is 192. The van der Waals surface area contributed by atoms with Crippen molar-refractivity contribution < 1.29 is 18.4 Å². The van der Waals surface area contributed by atoms with Crippen LogP contribution >= 0.6 is 0 Å². The van der Waals surface area contributed by atoms with Crippen molar-refractivity contribution in [1.29, 1.82) is 0 Å². The Hall–Kier alpha value is -0.780. The van der Waals surface area contributed by atoms with E-state index in [2.05, 4.69) is 5.16 Å². The van der Waals surface area contributed by atoms with Gasteiger partial charge in [0.25, 0.3) is 0 Å². The van der Waals surface area contributed by atoms with Gasteiger partial charge in [0, 0.05) is 25.9 Å². The summed E-state index contributed by atoms with van der Waals surface area (Å²) in [6, 6.07) is 0. The number of likely N-dealkylation sites (tertiary alicyclic amines) is 1. The van der Waals surface area contributed by atoms with E-state index in [-0.39, 0.29) is 0 Å². The molecule has 0 unspecified atom stereocenters. The quantitative estimate of drug-likeness (QED) is 0.509. The fourth-order valence-electron chi connectivity index (χ4n) is 1.32. The Labute approximate surface area is 73.8 Å². The predicted molar refractivity (Wildman–Crippen MR) is 41.0 cm³/mol. The molecular formula is C7H11F3N2O. The molecule has 0 bridgehead atoms. The van der Waals surface area contributed by atoms with Gasteiger partial charge in [-0.25, -0.2) is 0 Å². The summed E-state index contributed by atoms with van der Waals surface area (Å²) in [5.74, 6) is 0. The highest BCUT2D eigenvalue weighted by atomic mass is 19.4. The van der Waals surface area contributed by atoms with E-state index in [1.54, 1.807) is 0 Å². The minimum atomic E-state index is -4.13. The van der Waals surface area contributed by atoms with Crippen LogP contribution < -0.4 is 0 Å². The summed E-state index contributed by atoms with van der Waals surface area (Å²) in [7, 11) is 0. The van der Waals surface area contributed by atoms with Crippen LogP contribution in [0.3, 0.4) is 0 Å². The van der Waals surface area contributed by atoms with Gasteiger partial charge in [-0.05, 0) is 0 Å². The number of alkyl halides is 3. The van der Waals surface area contributed by atoms with Crippen LogP contribution in [0, 0.1) is 0 Å². The highest BCUT2D eigenvalue weighted by Gasteiger charge is 2.31. The van der Waals surface area contributed by atoms with Gasteiger partial charge in [-0.1, -0.05) is 5.16 Å². The fraction of sp³-hybridized carbons (Fsp3) is 0.857. The Kier molecular flexibility index (Phi) is 3.13. The van der Waals surface area contributed by atoms with Crippen LogP contribution in [0.5, 0.6) is 0 Å². The lowest BCUT2D eigenvalue weighted by molar-refractivity contribution is -0.146. The average molecular weight is 196 g/mol. The van der Waals surface area contributed by atoms with Gasteiger partial charge in [0.1, 0.15) is 0 Å². The van der Waals surface area contributed by atoms with E-state index in [9.17, 15) is 13.2 Å². The zero-order valence-electron chi connectivity index (χ0n) is 7.01. The highest BCUT2D eigenvalue weighted by molar-refractivity contribution is 5.84. The zero-order chi connectivity index (χ0) is 9.90. The molecule has 1 saturated heterocycles. The maximum Gasteiger partial charge on any atom is 0.401 e. The van der Waals surface area contributed by atoms with E-state index in [1.165, 1.54) is 4.90 Å². The summed E-state index contributed by atoms with van der Waals surface area (Å²) in [6.45, 7) is -0.233. The number of oxime groups is 1. The minimum Gasteiger partial charge on any atom is -0.411 e. The second-order valence-electron chi connectivity index (χ2n) is 3.06. The van der Waals surface area contributed by atoms with E-state index < -0.39 is 12.7 Å². The molecule has 0 spiro atoms. The molecule has 1 N–H and O–H groups in total. The van der Waals surface area contributed by atoms with Crippen LogP contribution in [-0.4, -0.2) is 41.6 Å². The largest absolute Gasteiger partial charge is 0.411 e. The van der Waals surface area contributed by atoms with Crippen molar-refractivity contribution >= 4 is 5.71 Å². The number of hydrogen-bond acceptors (Lipinski definition) is 3. The van der Waals surface area contributed by atoms with Crippen molar-refractivity contribution in [1.82, 2.24) is 4.90 Å². The molecule has 6 heteroatoms. The van der Waals surface area contributed by atoms with E-state index in [4.69, 9.17) is 5.21 Å². The first-order chi connectivity index (χ1) is 6.01. The topological polar surface area (TPSA) is 35.8 Å². The van der Waals surface area contributed by atoms with Gasteiger partial charge >= 0.3 is 6.18 Å². The predicted octanol–water partition coefficient (Wildman–Crippen LogP) is 1.47. The molecule has 1 aliphatic heterocycles. The first-order valence-corrected chi connectivity index (χ1v) is 4.00. The molecule has 0 aromatic heterocycles. The normalized spacial score (nSPS) is 20.4. The van der Waals surface area contributed by atoms with Gasteiger partial charge in [-0.2, -0.15) is 13.2 Å². The summed E-state index contributed by atoms with van der Waals surface area (Å²) in [6.07, 6.45) is -3.28. The molecule has 0 saturated carbocycles. The van der Waals surface area contributed by atoms with Crippen molar-refractivity contribution in [2.45, 2.75) is 19.0 Å². The second-order valence-corrected chi connectivity index (χ2v) is 3.06. The summed E-state index contributed by atoms with van der Waals surface area (Å²) in [4.78, 5) is 1.31. The molecule has 0 aliphatic carbocycles. The third kappa shape index (κ3) is 3.63. The lowest BCUT2D eigenvalue weighted by Crippen LogP contribution is -2.40. The first kappa shape index (κ1) is 10.3. The molecule has 76 valence electrons. The summed E-state index contributed by atoms with van der Waals surface area (Å²) in [5.41, 5.74) is 0.582. The fourth-order valence-corrected chi connectivity index (χ4v) is 1.32. The molecule has 0 radical (unpaired) electrons. The Morgan fingerprint density at radius 1 is 1.31 bits per heavy atom. The van der Waals surface area contributed by atoms with Gasteiger partial charge in [0.15, 0.2) is 0 Å². The molecule has 13 heavy (non-hydrogen) atoms. The van der Waals surface area contributed by atoms with Gasteiger partial charge in [0.05, 0.1) is 12.3 Å². The Balaban J connectivity index is 2.33. The smallest absolute Gasteiger partial charge is 0.401 e. The highest BCUT2D eigenvalue weighted by Crippen LogP contribution is 2.18. The van der Waals surface area contributed by atoms with Crippen LogP contribution in [0.25, 0.3) is 0 Å². The van der Waals surface area contributed by atoms with Crippen LogP contribution in [0.15, 0.2) is 5.16 Å². The van der Waals surface area contributed by atoms with Gasteiger partial charge in [-0.3, -0.25) is 4.90 Å². The zero-order valence-corrected chi connectivity index (χ0v) is 7.01.